The van der Waals surface area contributed by atoms with Crippen LogP contribution in [0, 0.1) is 5.41 Å². The van der Waals surface area contributed by atoms with E-state index in [4.69, 9.17) is 26.1 Å². The lowest BCUT2D eigenvalue weighted by molar-refractivity contribution is -0.141. The highest BCUT2D eigenvalue weighted by molar-refractivity contribution is 14.1. The molecule has 3 aliphatic rings. The number of halogens is 3. The third-order valence-corrected chi connectivity index (χ3v) is 14.8. The number of alkyl halides is 1. The Morgan fingerprint density at radius 2 is 1.84 bits per heavy atom. The minimum Gasteiger partial charge on any atom is -0.494 e. The summed E-state index contributed by atoms with van der Waals surface area (Å²) in [6.45, 7) is 5.79. The number of ether oxygens (including phenoxy) is 2. The molecule has 3 fully saturated rings. The van der Waals surface area contributed by atoms with Crippen LogP contribution in [0.2, 0.25) is 5.02 Å². The molecule has 4 aromatic rings. The monoisotopic (exact) mass is 984 g/mol. The first-order chi connectivity index (χ1) is 26.0. The lowest BCUT2D eigenvalue weighted by Crippen LogP contribution is -2.58. The zero-order chi connectivity index (χ0) is 39.4. The maximum atomic E-state index is 14.8. The number of hydrogen-bond donors (Lipinski definition) is 3. The molecule has 2 aromatic heterocycles. The molecule has 2 aliphatic carbocycles. The maximum Gasteiger partial charge on any atom is 0.260 e. The van der Waals surface area contributed by atoms with Crippen LogP contribution in [0.3, 0.4) is 0 Å². The molecule has 0 radical (unpaired) electrons. The maximum absolute atomic E-state index is 14.8. The number of carbonyl (C=O) groups is 3. The molecule has 3 heterocycles. The molecule has 3 amide bonds. The fourth-order valence-electron chi connectivity index (χ4n) is 6.62. The summed E-state index contributed by atoms with van der Waals surface area (Å²) in [5.41, 5.74) is -0.423. The Morgan fingerprint density at radius 3 is 2.47 bits per heavy atom. The smallest absolute Gasteiger partial charge is 0.260 e. The van der Waals surface area contributed by atoms with Gasteiger partial charge in [-0.2, -0.15) is 0 Å². The van der Waals surface area contributed by atoms with Gasteiger partial charge in [0.25, 0.3) is 5.91 Å². The molecule has 1 aliphatic heterocycles. The number of nitrogens with one attached hydrogen (secondary N) is 3. The second-order valence-corrected chi connectivity index (χ2v) is 20.8. The van der Waals surface area contributed by atoms with Crippen molar-refractivity contribution in [2.24, 2.45) is 5.41 Å². The van der Waals surface area contributed by atoms with Gasteiger partial charge in [-0.05, 0) is 55.0 Å². The summed E-state index contributed by atoms with van der Waals surface area (Å²) in [5.74, 6) is -0.963. The van der Waals surface area contributed by atoms with E-state index in [1.54, 1.807) is 18.2 Å². The van der Waals surface area contributed by atoms with Crippen molar-refractivity contribution in [1.29, 1.82) is 0 Å². The highest BCUT2D eigenvalue weighted by Crippen LogP contribution is 2.45. The highest BCUT2D eigenvalue weighted by atomic mass is 127. The van der Waals surface area contributed by atoms with Crippen molar-refractivity contribution in [3.05, 3.63) is 63.5 Å². The van der Waals surface area contributed by atoms with Crippen LogP contribution in [0.1, 0.15) is 46.5 Å². The molecular weight excluding hydrogens is 947 g/mol. The van der Waals surface area contributed by atoms with Crippen LogP contribution < -0.4 is 24.8 Å². The summed E-state index contributed by atoms with van der Waals surface area (Å²) >= 11 is 13.2. The van der Waals surface area contributed by atoms with E-state index in [9.17, 15) is 22.8 Å². The number of benzene rings is 2. The van der Waals surface area contributed by atoms with E-state index in [0.717, 1.165) is 21.1 Å². The van der Waals surface area contributed by atoms with Gasteiger partial charge in [-0.15, -0.1) is 11.3 Å². The minimum absolute atomic E-state index is 0.0197. The Balaban J connectivity index is 1.18. The second kappa shape index (κ2) is 15.2. The Labute approximate surface area is 350 Å². The van der Waals surface area contributed by atoms with Crippen molar-refractivity contribution in [3.63, 3.8) is 0 Å². The van der Waals surface area contributed by atoms with E-state index in [1.807, 2.05) is 73.0 Å². The van der Waals surface area contributed by atoms with E-state index in [0.29, 0.717) is 34.1 Å². The van der Waals surface area contributed by atoms with Crippen molar-refractivity contribution < 1.29 is 32.3 Å². The van der Waals surface area contributed by atoms with Crippen molar-refractivity contribution in [2.75, 3.05) is 19.0 Å². The van der Waals surface area contributed by atoms with E-state index >= 15 is 0 Å². The first-order valence-electron chi connectivity index (χ1n) is 17.6. The number of sulfonamides is 1. The fraction of sp³-hybridized carbons (Fsp3) is 0.432. The number of carbonyl (C=O) groups excluding carboxylic acids is 3. The van der Waals surface area contributed by atoms with Crippen LogP contribution in [0.4, 0.5) is 5.13 Å². The Morgan fingerprint density at radius 1 is 1.13 bits per heavy atom. The molecular formula is C37H39BrClIN6O7S2. The van der Waals surface area contributed by atoms with Crippen LogP contribution in [-0.2, 0) is 24.4 Å². The summed E-state index contributed by atoms with van der Waals surface area (Å²) in [6.07, 6.45) is 2.12. The molecule has 292 valence electrons. The molecule has 2 aromatic carbocycles. The first kappa shape index (κ1) is 40.0. The van der Waals surface area contributed by atoms with E-state index in [-0.39, 0.29) is 35.1 Å². The predicted molar refractivity (Wildman–Crippen MR) is 223 cm³/mol. The number of aromatic nitrogens is 2. The molecule has 0 unspecified atom stereocenters. The second-order valence-electron chi connectivity index (χ2n) is 15.1. The van der Waals surface area contributed by atoms with Gasteiger partial charge in [0.05, 0.1) is 30.8 Å². The molecule has 0 spiro atoms. The average molecular weight is 986 g/mol. The number of hydrogen-bond acceptors (Lipinski definition) is 11. The molecule has 3 N–H and O–H groups in total. The van der Waals surface area contributed by atoms with Gasteiger partial charge in [0.2, 0.25) is 27.7 Å². The standard InChI is InChI=1S/C37H39BrClIN6O7S2/c1-36(2,3)30(43-35-42-26(18-54-35)19-5-7-20(38)8-6-19)33(48)46-17-22(53-32-25-13-21(39)9-12-24(25)28(52-4)16-41-32)14-27(46)31(47)44-37(15-29(37)40)34(49)45-55(50,51)23-10-11-23/h5-9,12-13,16,18,22-23,27,29-30H,10-11,14-15,17H2,1-4H3,(H,42,43)(H,44,47)(H,45,49)/t22-,27+,29-,30-,37-/m1/s1. The quantitative estimate of drug-likeness (QED) is 0.108. The SMILES string of the molecule is COc1cnc(O[C@@H]2C[C@@H](C(=O)N[C@]3(C(=O)NS(=O)(=O)C4CC4)C[C@H]3I)N(C(=O)[C@@H](Nc3nc(-c4ccc(Br)cc4)cs3)C(C)(C)C)C2)c2cc(Cl)ccc12. The predicted octanol–water partition coefficient (Wildman–Crippen LogP) is 6.33. The van der Waals surface area contributed by atoms with Crippen LogP contribution in [-0.4, -0.2) is 87.6 Å². The molecule has 18 heteroatoms. The number of methoxy groups -OCH3 is 1. The van der Waals surface area contributed by atoms with Gasteiger partial charge in [0.1, 0.15) is 29.5 Å². The normalized spacial score (nSPS) is 22.9. The third kappa shape index (κ3) is 8.41. The molecule has 5 atom stereocenters. The van der Waals surface area contributed by atoms with Crippen molar-refractivity contribution >= 4 is 105 Å². The van der Waals surface area contributed by atoms with E-state index < -0.39 is 56.2 Å². The van der Waals surface area contributed by atoms with Gasteiger partial charge in [0, 0.05) is 41.6 Å². The third-order valence-electron chi connectivity index (χ3n) is 9.97. The molecule has 2 saturated carbocycles. The van der Waals surface area contributed by atoms with Crippen LogP contribution in [0.5, 0.6) is 11.6 Å². The number of rotatable bonds is 12. The first-order valence-corrected chi connectivity index (χ1v) is 22.4. The lowest BCUT2D eigenvalue weighted by atomic mass is 9.85. The lowest BCUT2D eigenvalue weighted by Gasteiger charge is -2.35. The summed E-state index contributed by atoms with van der Waals surface area (Å²) in [4.78, 5) is 53.4. The zero-order valence-corrected chi connectivity index (χ0v) is 36.4. The summed E-state index contributed by atoms with van der Waals surface area (Å²) in [7, 11) is -2.32. The van der Waals surface area contributed by atoms with Crippen molar-refractivity contribution in [2.45, 2.75) is 79.4 Å². The highest BCUT2D eigenvalue weighted by Gasteiger charge is 2.62. The number of nitrogens with zero attached hydrogens (tertiary/aromatic N) is 3. The fourth-order valence-corrected chi connectivity index (χ4v) is 10.3. The molecule has 7 rings (SSSR count). The van der Waals surface area contributed by atoms with Gasteiger partial charge in [-0.3, -0.25) is 19.1 Å². The Hall–Kier alpha value is -3.26. The average Bonchev–Trinajstić information content (AvgIpc) is 3.99. The van der Waals surface area contributed by atoms with Gasteiger partial charge < -0.3 is 25.0 Å². The topological polar surface area (TPSA) is 169 Å². The Kier molecular flexibility index (Phi) is 11.1. The van der Waals surface area contributed by atoms with Gasteiger partial charge in [-0.1, -0.05) is 83.0 Å². The van der Waals surface area contributed by atoms with E-state index in [2.05, 4.69) is 36.3 Å². The molecule has 13 nitrogen and oxygen atoms in total. The van der Waals surface area contributed by atoms with Crippen molar-refractivity contribution in [1.82, 2.24) is 24.9 Å². The largest absolute Gasteiger partial charge is 0.494 e. The van der Waals surface area contributed by atoms with E-state index in [1.165, 1.54) is 29.5 Å². The number of fused-ring (bicyclic) bond motifs is 1. The molecule has 1 saturated heterocycles. The number of likely N-dealkylation sites (tertiary alicyclic amines) is 1. The number of pyridine rings is 1. The van der Waals surface area contributed by atoms with Crippen LogP contribution in [0.15, 0.2) is 58.5 Å². The summed E-state index contributed by atoms with van der Waals surface area (Å²) in [5, 5.41) is 9.82. The zero-order valence-electron chi connectivity index (χ0n) is 30.3. The van der Waals surface area contributed by atoms with Crippen molar-refractivity contribution in [3.8, 4) is 22.9 Å². The van der Waals surface area contributed by atoms with Gasteiger partial charge in [0.15, 0.2) is 5.13 Å². The molecule has 55 heavy (non-hydrogen) atoms. The number of amides is 3. The number of anilines is 1. The molecule has 0 bridgehead atoms. The summed E-state index contributed by atoms with van der Waals surface area (Å²) < 4.78 is 40.2. The summed E-state index contributed by atoms with van der Waals surface area (Å²) in [6, 6.07) is 11.1. The minimum atomic E-state index is -3.86. The van der Waals surface area contributed by atoms with Gasteiger partial charge >= 0.3 is 0 Å². The Bertz CT molecular complexity index is 2270. The number of thiazole rings is 1. The van der Waals surface area contributed by atoms with Crippen LogP contribution in [0.25, 0.3) is 22.0 Å². The van der Waals surface area contributed by atoms with Gasteiger partial charge in [-0.25, -0.2) is 18.4 Å². The van der Waals surface area contributed by atoms with Crippen LogP contribution >= 0.6 is 61.5 Å².